The molecule has 3 aliphatic rings. The van der Waals surface area contributed by atoms with Gasteiger partial charge in [-0.05, 0) is 57.5 Å². The number of nitrogens with zero attached hydrogens (tertiary/aromatic N) is 6. The smallest absolute Gasteiger partial charge is 0.318 e. The molecule has 2 saturated heterocycles. The van der Waals surface area contributed by atoms with Crippen LogP contribution >= 0.6 is 23.2 Å². The zero-order valence-electron chi connectivity index (χ0n) is 20.7. The maximum Gasteiger partial charge on any atom is 0.318 e. The number of aromatic nitrogens is 2. The van der Waals surface area contributed by atoms with E-state index in [0.29, 0.717) is 41.7 Å². The molecule has 3 aliphatic heterocycles. The van der Waals surface area contributed by atoms with Crippen LogP contribution < -0.4 is 19.9 Å². The highest BCUT2D eigenvalue weighted by molar-refractivity contribution is 6.42. The van der Waals surface area contributed by atoms with Gasteiger partial charge in [-0.25, -0.2) is 0 Å². The number of anilines is 2. The van der Waals surface area contributed by atoms with Gasteiger partial charge < -0.3 is 24.8 Å². The van der Waals surface area contributed by atoms with Crippen molar-refractivity contribution < 1.29 is 4.74 Å². The molecule has 10 heteroatoms. The van der Waals surface area contributed by atoms with E-state index in [1.54, 1.807) is 0 Å². The van der Waals surface area contributed by atoms with Crippen LogP contribution in [0.25, 0.3) is 0 Å². The number of fused-ring (bicyclic) bond motifs is 1. The van der Waals surface area contributed by atoms with Gasteiger partial charge in [-0.3, -0.25) is 0 Å². The number of benzene rings is 1. The Kier molecular flexibility index (Phi) is 8.02. The molecule has 8 nitrogen and oxygen atoms in total. The van der Waals surface area contributed by atoms with Crippen LogP contribution in [0.5, 0.6) is 6.01 Å². The van der Waals surface area contributed by atoms with Crippen molar-refractivity contribution in [2.75, 3.05) is 56.2 Å². The molecule has 0 bridgehead atoms. The number of likely N-dealkylation sites (tertiary alicyclic amines) is 1. The average molecular weight is 531 g/mol. The summed E-state index contributed by atoms with van der Waals surface area (Å²) in [5.41, 5.74) is 3.21. The highest BCUT2D eigenvalue weighted by Gasteiger charge is 2.28. The van der Waals surface area contributed by atoms with E-state index in [2.05, 4.69) is 33.1 Å². The van der Waals surface area contributed by atoms with Gasteiger partial charge in [0, 0.05) is 49.5 Å². The van der Waals surface area contributed by atoms with Crippen molar-refractivity contribution in [3.05, 3.63) is 39.5 Å². The second-order valence-corrected chi connectivity index (χ2v) is 10.7. The molecule has 0 aliphatic carbocycles. The van der Waals surface area contributed by atoms with Crippen molar-refractivity contribution in [2.45, 2.75) is 50.7 Å². The number of nitriles is 1. The highest BCUT2D eigenvalue weighted by atomic mass is 35.5. The van der Waals surface area contributed by atoms with Gasteiger partial charge in [0.15, 0.2) is 0 Å². The monoisotopic (exact) mass is 529 g/mol. The quantitative estimate of drug-likeness (QED) is 0.603. The van der Waals surface area contributed by atoms with Gasteiger partial charge in [-0.15, -0.1) is 0 Å². The van der Waals surface area contributed by atoms with Gasteiger partial charge in [0.1, 0.15) is 12.4 Å². The largest absolute Gasteiger partial charge is 0.462 e. The van der Waals surface area contributed by atoms with Crippen molar-refractivity contribution >= 4 is 34.7 Å². The highest BCUT2D eigenvalue weighted by Crippen LogP contribution is 2.33. The number of nitrogens with one attached hydrogen (secondary N) is 1. The lowest BCUT2D eigenvalue weighted by molar-refractivity contribution is 0.187. The van der Waals surface area contributed by atoms with Crippen molar-refractivity contribution in [3.8, 4) is 12.1 Å². The molecule has 192 valence electrons. The van der Waals surface area contributed by atoms with Gasteiger partial charge in [0.05, 0.1) is 34.8 Å². The Labute approximate surface area is 223 Å². The molecular weight excluding hydrogens is 497 g/mol. The summed E-state index contributed by atoms with van der Waals surface area (Å²) >= 11 is 12.5. The summed E-state index contributed by atoms with van der Waals surface area (Å²) in [4.78, 5) is 16.9. The fourth-order valence-electron chi connectivity index (χ4n) is 5.44. The van der Waals surface area contributed by atoms with E-state index >= 15 is 0 Å². The molecule has 1 aromatic carbocycles. The Morgan fingerprint density at radius 2 is 2.03 bits per heavy atom. The van der Waals surface area contributed by atoms with Gasteiger partial charge in [0.25, 0.3) is 0 Å². The number of halogens is 2. The second kappa shape index (κ2) is 11.4. The molecule has 36 heavy (non-hydrogen) atoms. The van der Waals surface area contributed by atoms with Crippen LogP contribution in [-0.2, 0) is 13.0 Å². The molecule has 5 rings (SSSR count). The van der Waals surface area contributed by atoms with E-state index in [-0.39, 0.29) is 6.04 Å². The maximum atomic E-state index is 9.24. The Morgan fingerprint density at radius 1 is 1.14 bits per heavy atom. The van der Waals surface area contributed by atoms with Gasteiger partial charge in [0.2, 0.25) is 0 Å². The Balaban J connectivity index is 1.46. The lowest BCUT2D eigenvalue weighted by Crippen LogP contribution is -2.51. The first kappa shape index (κ1) is 25.3. The van der Waals surface area contributed by atoms with Crippen LogP contribution in [0.2, 0.25) is 10.0 Å². The predicted molar refractivity (Wildman–Crippen MR) is 143 cm³/mol. The molecule has 2 atom stereocenters. The third-order valence-electron chi connectivity index (χ3n) is 7.48. The van der Waals surface area contributed by atoms with Crippen LogP contribution in [0.4, 0.5) is 11.5 Å². The first-order valence-corrected chi connectivity index (χ1v) is 13.6. The number of hydrogen-bond acceptors (Lipinski definition) is 8. The molecule has 4 heterocycles. The molecule has 0 spiro atoms. The number of hydrogen-bond donors (Lipinski definition) is 1. The lowest BCUT2D eigenvalue weighted by Gasteiger charge is -2.35. The zero-order valence-corrected chi connectivity index (χ0v) is 22.2. The number of rotatable bonds is 6. The minimum absolute atomic E-state index is 0.129. The Morgan fingerprint density at radius 3 is 2.81 bits per heavy atom. The van der Waals surface area contributed by atoms with Crippen molar-refractivity contribution in [3.63, 3.8) is 0 Å². The van der Waals surface area contributed by atoms with Crippen LogP contribution in [0, 0.1) is 11.3 Å². The van der Waals surface area contributed by atoms with Crippen molar-refractivity contribution in [1.82, 2.24) is 20.2 Å². The topological polar surface area (TPSA) is 80.5 Å². The molecule has 0 saturated carbocycles. The molecule has 1 aromatic heterocycles. The maximum absolute atomic E-state index is 9.24. The average Bonchev–Trinajstić information content (AvgIpc) is 3.16. The summed E-state index contributed by atoms with van der Waals surface area (Å²) in [7, 11) is 2.15. The normalized spacial score (nSPS) is 22.7. The van der Waals surface area contributed by atoms with Crippen LogP contribution in [0.1, 0.15) is 36.9 Å². The summed E-state index contributed by atoms with van der Waals surface area (Å²) in [6.45, 7) is 5.63. The van der Waals surface area contributed by atoms with Crippen LogP contribution in [-0.4, -0.2) is 73.3 Å². The minimum Gasteiger partial charge on any atom is -0.462 e. The van der Waals surface area contributed by atoms with Crippen molar-refractivity contribution in [1.29, 1.82) is 5.26 Å². The summed E-state index contributed by atoms with van der Waals surface area (Å²) in [6, 6.07) is 9.05. The zero-order chi connectivity index (χ0) is 25.1. The first-order chi connectivity index (χ1) is 17.5. The minimum atomic E-state index is 0.129. The molecule has 2 fully saturated rings. The third-order valence-corrected chi connectivity index (χ3v) is 8.22. The Bertz CT molecular complexity index is 1120. The Hall–Kier alpha value is -2.31. The standard InChI is InChI=1S/C26H33Cl2N7O/c1-33-11-2-4-20(33)17-36-26-31-24-16-34(19-6-7-22(27)23(28)14-19)12-3-5-21(24)25(32-26)35-13-10-30-18(15-35)8-9-29/h6-7,14,18,20,30H,2-5,8,10-13,15-17H2,1H3/t18?,20-/m0/s1. The number of likely N-dealkylation sites (N-methyl/N-ethyl adjacent to an activating group) is 1. The molecular formula is C26H33Cl2N7O. The predicted octanol–water partition coefficient (Wildman–Crippen LogP) is 3.90. The van der Waals surface area contributed by atoms with E-state index < -0.39 is 0 Å². The summed E-state index contributed by atoms with van der Waals surface area (Å²) in [5, 5.41) is 13.8. The fourth-order valence-corrected chi connectivity index (χ4v) is 5.73. The van der Waals surface area contributed by atoms with Gasteiger partial charge >= 0.3 is 6.01 Å². The van der Waals surface area contributed by atoms with Crippen molar-refractivity contribution in [2.24, 2.45) is 0 Å². The third kappa shape index (κ3) is 5.65. The molecule has 0 radical (unpaired) electrons. The van der Waals surface area contributed by atoms with Crippen LogP contribution in [0.3, 0.4) is 0 Å². The van der Waals surface area contributed by atoms with E-state index in [1.165, 1.54) is 12.0 Å². The van der Waals surface area contributed by atoms with Gasteiger partial charge in [-0.2, -0.15) is 15.2 Å². The molecule has 0 amide bonds. The molecule has 1 N–H and O–H groups in total. The van der Waals surface area contributed by atoms with Crippen LogP contribution in [0.15, 0.2) is 18.2 Å². The van der Waals surface area contributed by atoms with E-state index in [4.69, 9.17) is 37.9 Å². The summed E-state index contributed by atoms with van der Waals surface area (Å²) < 4.78 is 6.23. The lowest BCUT2D eigenvalue weighted by atomic mass is 10.1. The first-order valence-electron chi connectivity index (χ1n) is 12.8. The molecule has 1 unspecified atom stereocenters. The summed E-state index contributed by atoms with van der Waals surface area (Å²) in [6.07, 6.45) is 4.67. The molecule has 2 aromatic rings. The van der Waals surface area contributed by atoms with E-state index in [0.717, 1.165) is 69.2 Å². The summed E-state index contributed by atoms with van der Waals surface area (Å²) in [5.74, 6) is 0.954. The van der Waals surface area contributed by atoms with E-state index in [1.807, 2.05) is 18.2 Å². The van der Waals surface area contributed by atoms with E-state index in [9.17, 15) is 5.26 Å². The SMILES string of the molecule is CN1CCC[C@H]1COc1nc2c(c(N3CCNC(CC#N)C3)n1)CCCN(c1ccc(Cl)c(Cl)c1)C2. The van der Waals surface area contributed by atoms with Gasteiger partial charge in [-0.1, -0.05) is 23.2 Å². The number of ether oxygens (including phenoxy) is 1. The number of piperazine rings is 1. The second-order valence-electron chi connectivity index (χ2n) is 9.93. The fraction of sp³-hybridized carbons (Fsp3) is 0.577.